The maximum atomic E-state index is 12.0. The number of ketones is 1. The van der Waals surface area contributed by atoms with Crippen LogP contribution in [0.4, 0.5) is 0 Å². The summed E-state index contributed by atoms with van der Waals surface area (Å²) in [5.74, 6) is 0.125. The Morgan fingerprint density at radius 2 is 1.53 bits per heavy atom. The fraction of sp³-hybridized carbons (Fsp3) is 0.533. The smallest absolute Gasteiger partial charge is 0.178 e. The standard InChI is InChI=1S/C15H21BrO/c1-14(2,3)10-11-6-8-12(9-7-11)13(17)15(4,5)16/h6-9H,10H2,1-5H3. The first kappa shape index (κ1) is 14.4. The number of carbonyl (C=O) groups is 1. The van der Waals surface area contributed by atoms with Crippen molar-refractivity contribution in [1.82, 2.24) is 0 Å². The van der Waals surface area contributed by atoms with Crippen LogP contribution < -0.4 is 0 Å². The lowest BCUT2D eigenvalue weighted by Gasteiger charge is -2.19. The Morgan fingerprint density at radius 1 is 1.06 bits per heavy atom. The average Bonchev–Trinajstić information content (AvgIpc) is 2.14. The number of rotatable bonds is 3. The summed E-state index contributed by atoms with van der Waals surface area (Å²) in [6, 6.07) is 7.95. The van der Waals surface area contributed by atoms with Crippen LogP contribution in [0, 0.1) is 5.41 Å². The number of Topliss-reactive ketones (excluding diaryl/α,β-unsaturated/α-hetero) is 1. The Kier molecular flexibility index (Phi) is 4.19. The number of benzene rings is 1. The molecule has 0 atom stereocenters. The van der Waals surface area contributed by atoms with Crippen LogP contribution in [0.2, 0.25) is 0 Å². The summed E-state index contributed by atoms with van der Waals surface area (Å²) >= 11 is 3.40. The highest BCUT2D eigenvalue weighted by atomic mass is 79.9. The van der Waals surface area contributed by atoms with Gasteiger partial charge in [0.15, 0.2) is 5.78 Å². The van der Waals surface area contributed by atoms with E-state index in [0.717, 1.165) is 12.0 Å². The van der Waals surface area contributed by atoms with Gasteiger partial charge in [0.05, 0.1) is 4.32 Å². The monoisotopic (exact) mass is 296 g/mol. The summed E-state index contributed by atoms with van der Waals surface area (Å²) in [4.78, 5) is 12.0. The van der Waals surface area contributed by atoms with Gasteiger partial charge in [-0.3, -0.25) is 4.79 Å². The van der Waals surface area contributed by atoms with Gasteiger partial charge in [-0.2, -0.15) is 0 Å². The number of hydrogen-bond donors (Lipinski definition) is 0. The molecule has 1 aromatic rings. The molecule has 0 bridgehead atoms. The highest BCUT2D eigenvalue weighted by molar-refractivity contribution is 9.10. The SMILES string of the molecule is CC(C)(C)Cc1ccc(C(=O)C(C)(C)Br)cc1. The summed E-state index contributed by atoms with van der Waals surface area (Å²) in [7, 11) is 0. The van der Waals surface area contributed by atoms with Crippen molar-refractivity contribution in [2.75, 3.05) is 0 Å². The van der Waals surface area contributed by atoms with Crippen LogP contribution >= 0.6 is 15.9 Å². The molecule has 0 unspecified atom stereocenters. The van der Waals surface area contributed by atoms with Crippen molar-refractivity contribution in [3.63, 3.8) is 0 Å². The Hall–Kier alpha value is -0.630. The van der Waals surface area contributed by atoms with Gasteiger partial charge in [-0.05, 0) is 31.2 Å². The minimum absolute atomic E-state index is 0.125. The molecule has 0 spiro atoms. The number of alkyl halides is 1. The van der Waals surface area contributed by atoms with Crippen LogP contribution in [-0.4, -0.2) is 10.1 Å². The van der Waals surface area contributed by atoms with Crippen molar-refractivity contribution < 1.29 is 4.79 Å². The molecule has 0 fully saturated rings. The maximum absolute atomic E-state index is 12.0. The minimum Gasteiger partial charge on any atom is -0.293 e. The third kappa shape index (κ3) is 4.63. The first-order valence-corrected chi connectivity index (χ1v) is 6.71. The largest absolute Gasteiger partial charge is 0.293 e. The van der Waals surface area contributed by atoms with E-state index in [9.17, 15) is 4.79 Å². The summed E-state index contributed by atoms with van der Waals surface area (Å²) in [6.45, 7) is 10.4. The zero-order chi connectivity index (χ0) is 13.3. The fourth-order valence-electron chi connectivity index (χ4n) is 1.73. The topological polar surface area (TPSA) is 17.1 Å². The molecule has 0 radical (unpaired) electrons. The highest BCUT2D eigenvalue weighted by Crippen LogP contribution is 2.24. The van der Waals surface area contributed by atoms with Crippen LogP contribution in [0.25, 0.3) is 0 Å². The van der Waals surface area contributed by atoms with E-state index in [-0.39, 0.29) is 11.2 Å². The predicted octanol–water partition coefficient (Wildman–Crippen LogP) is 4.63. The van der Waals surface area contributed by atoms with Crippen molar-refractivity contribution in [3.8, 4) is 0 Å². The Morgan fingerprint density at radius 3 is 1.88 bits per heavy atom. The van der Waals surface area contributed by atoms with Crippen LogP contribution in [-0.2, 0) is 6.42 Å². The molecule has 2 heteroatoms. The van der Waals surface area contributed by atoms with E-state index < -0.39 is 4.32 Å². The zero-order valence-corrected chi connectivity index (χ0v) is 12.9. The molecule has 0 saturated carbocycles. The molecule has 1 rings (SSSR count). The third-order valence-corrected chi connectivity index (χ3v) is 2.85. The van der Waals surface area contributed by atoms with Crippen molar-refractivity contribution in [3.05, 3.63) is 35.4 Å². The molecule has 0 aliphatic heterocycles. The van der Waals surface area contributed by atoms with Gasteiger partial charge in [0, 0.05) is 5.56 Å². The first-order chi connectivity index (χ1) is 7.59. The van der Waals surface area contributed by atoms with Crippen molar-refractivity contribution in [2.24, 2.45) is 5.41 Å². The normalized spacial score (nSPS) is 12.6. The van der Waals surface area contributed by atoms with E-state index in [1.807, 2.05) is 26.0 Å². The first-order valence-electron chi connectivity index (χ1n) is 5.92. The highest BCUT2D eigenvalue weighted by Gasteiger charge is 2.24. The Labute approximate surface area is 113 Å². The van der Waals surface area contributed by atoms with Gasteiger partial charge in [0.1, 0.15) is 0 Å². The third-order valence-electron chi connectivity index (χ3n) is 2.49. The van der Waals surface area contributed by atoms with Crippen molar-refractivity contribution in [1.29, 1.82) is 0 Å². The molecular weight excluding hydrogens is 276 g/mol. The van der Waals surface area contributed by atoms with Gasteiger partial charge in [0.25, 0.3) is 0 Å². The second-order valence-electron chi connectivity index (χ2n) is 6.24. The lowest BCUT2D eigenvalue weighted by Crippen LogP contribution is -2.24. The van der Waals surface area contributed by atoms with Crippen LogP contribution in [0.1, 0.15) is 50.5 Å². The Bertz CT molecular complexity index is 390. The van der Waals surface area contributed by atoms with Gasteiger partial charge in [-0.15, -0.1) is 0 Å². The number of hydrogen-bond acceptors (Lipinski definition) is 1. The zero-order valence-electron chi connectivity index (χ0n) is 11.3. The lowest BCUT2D eigenvalue weighted by molar-refractivity contribution is 0.0961. The van der Waals surface area contributed by atoms with Crippen LogP contribution in [0.15, 0.2) is 24.3 Å². The van der Waals surface area contributed by atoms with Gasteiger partial charge in [-0.25, -0.2) is 0 Å². The molecule has 0 saturated heterocycles. The molecule has 1 nitrogen and oxygen atoms in total. The van der Waals surface area contributed by atoms with E-state index in [4.69, 9.17) is 0 Å². The van der Waals surface area contributed by atoms with Crippen LogP contribution in [0.3, 0.4) is 0 Å². The quantitative estimate of drug-likeness (QED) is 0.587. The van der Waals surface area contributed by atoms with Gasteiger partial charge >= 0.3 is 0 Å². The summed E-state index contributed by atoms with van der Waals surface area (Å²) in [5.41, 5.74) is 2.33. The van der Waals surface area contributed by atoms with Crippen molar-refractivity contribution in [2.45, 2.75) is 45.4 Å². The number of halogens is 1. The number of carbonyl (C=O) groups excluding carboxylic acids is 1. The molecule has 0 amide bonds. The van der Waals surface area contributed by atoms with E-state index in [2.05, 4.69) is 48.8 Å². The summed E-state index contributed by atoms with van der Waals surface area (Å²) < 4.78 is -0.488. The summed E-state index contributed by atoms with van der Waals surface area (Å²) in [5, 5.41) is 0. The maximum Gasteiger partial charge on any atom is 0.178 e. The molecular formula is C15H21BrO. The van der Waals surface area contributed by atoms with Crippen LogP contribution in [0.5, 0.6) is 0 Å². The van der Waals surface area contributed by atoms with E-state index >= 15 is 0 Å². The molecule has 17 heavy (non-hydrogen) atoms. The van der Waals surface area contributed by atoms with Gasteiger partial charge in [0.2, 0.25) is 0 Å². The van der Waals surface area contributed by atoms with E-state index in [1.54, 1.807) is 0 Å². The molecule has 0 heterocycles. The second-order valence-corrected chi connectivity index (χ2v) is 8.22. The van der Waals surface area contributed by atoms with Gasteiger partial charge in [-0.1, -0.05) is 61.0 Å². The lowest BCUT2D eigenvalue weighted by atomic mass is 9.87. The molecule has 0 aliphatic rings. The molecule has 0 N–H and O–H groups in total. The van der Waals surface area contributed by atoms with E-state index in [0.29, 0.717) is 0 Å². The summed E-state index contributed by atoms with van der Waals surface area (Å²) in [6.07, 6.45) is 1.03. The molecule has 1 aromatic carbocycles. The molecule has 0 aliphatic carbocycles. The molecule has 0 aromatic heterocycles. The van der Waals surface area contributed by atoms with E-state index in [1.165, 1.54) is 5.56 Å². The fourth-order valence-corrected chi connectivity index (χ4v) is 1.96. The second kappa shape index (κ2) is 4.93. The van der Waals surface area contributed by atoms with Crippen molar-refractivity contribution >= 4 is 21.7 Å². The molecule has 94 valence electrons. The van der Waals surface area contributed by atoms with Gasteiger partial charge < -0.3 is 0 Å². The minimum atomic E-state index is -0.488. The Balaban J connectivity index is 2.86. The average molecular weight is 297 g/mol. The predicted molar refractivity (Wildman–Crippen MR) is 76.9 cm³/mol.